The highest BCUT2D eigenvalue weighted by Gasteiger charge is 2.25. The molecule has 0 spiro atoms. The molecule has 0 unspecified atom stereocenters. The first kappa shape index (κ1) is 9.08. The molecule has 2 nitrogen and oxygen atoms in total. The number of hydrogen-bond acceptors (Lipinski definition) is 2. The molecule has 72 valence electrons. The number of hydrogen-bond donors (Lipinski definition) is 1. The van der Waals surface area contributed by atoms with Gasteiger partial charge in [0.05, 0.1) is 11.3 Å². The maximum absolute atomic E-state index is 8.97. The van der Waals surface area contributed by atoms with Gasteiger partial charge < -0.3 is 5.32 Å². The highest BCUT2D eigenvalue weighted by molar-refractivity contribution is 5.65. The van der Waals surface area contributed by atoms with Gasteiger partial charge in [-0.15, -0.1) is 0 Å². The zero-order chi connectivity index (χ0) is 10.2. The van der Waals surface area contributed by atoms with Crippen molar-refractivity contribution in [2.45, 2.75) is 32.2 Å². The average Bonchev–Trinajstić information content (AvgIpc) is 2.15. The third-order valence-corrected chi connectivity index (χ3v) is 2.75. The van der Waals surface area contributed by atoms with E-state index in [0.717, 1.165) is 24.1 Å². The first-order valence-electron chi connectivity index (χ1n) is 4.92. The van der Waals surface area contributed by atoms with E-state index < -0.39 is 0 Å². The summed E-state index contributed by atoms with van der Waals surface area (Å²) in [5.41, 5.74) is 3.17. The van der Waals surface area contributed by atoms with E-state index in [2.05, 4.69) is 31.3 Å². The van der Waals surface area contributed by atoms with Gasteiger partial charge in [0.25, 0.3) is 0 Å². The zero-order valence-corrected chi connectivity index (χ0v) is 8.59. The van der Waals surface area contributed by atoms with Crippen molar-refractivity contribution in [1.29, 1.82) is 5.26 Å². The normalized spacial score (nSPS) is 17.8. The van der Waals surface area contributed by atoms with Gasteiger partial charge >= 0.3 is 0 Å². The Morgan fingerprint density at radius 1 is 1.43 bits per heavy atom. The van der Waals surface area contributed by atoms with Crippen molar-refractivity contribution in [3.63, 3.8) is 0 Å². The number of nitrogens with zero attached hydrogens (tertiary/aromatic N) is 1. The quantitative estimate of drug-likeness (QED) is 0.676. The van der Waals surface area contributed by atoms with E-state index in [1.807, 2.05) is 12.1 Å². The molecule has 1 aliphatic rings. The van der Waals surface area contributed by atoms with E-state index in [1.165, 1.54) is 5.56 Å². The molecule has 1 N–H and O–H groups in total. The van der Waals surface area contributed by atoms with Crippen molar-refractivity contribution in [3.8, 4) is 6.07 Å². The third kappa shape index (κ3) is 1.46. The molecule has 2 rings (SSSR count). The summed E-state index contributed by atoms with van der Waals surface area (Å²) in [5, 5.41) is 12.4. The van der Waals surface area contributed by atoms with Crippen LogP contribution in [0.2, 0.25) is 0 Å². The minimum Gasteiger partial charge on any atom is -0.379 e. The second kappa shape index (κ2) is 3.02. The Morgan fingerprint density at radius 2 is 2.21 bits per heavy atom. The van der Waals surface area contributed by atoms with Crippen LogP contribution in [0.4, 0.5) is 5.69 Å². The molecular formula is C12H14N2. The SMILES string of the molecule is CC1(C)CCc2cccc(C#N)c2N1. The summed E-state index contributed by atoms with van der Waals surface area (Å²) in [7, 11) is 0. The second-order valence-corrected chi connectivity index (χ2v) is 4.46. The van der Waals surface area contributed by atoms with E-state index in [1.54, 1.807) is 0 Å². The number of nitrogens with one attached hydrogen (secondary N) is 1. The highest BCUT2D eigenvalue weighted by Crippen LogP contribution is 2.32. The van der Waals surface area contributed by atoms with Gasteiger partial charge in [-0.3, -0.25) is 0 Å². The van der Waals surface area contributed by atoms with Crippen molar-refractivity contribution in [1.82, 2.24) is 0 Å². The first-order valence-corrected chi connectivity index (χ1v) is 4.92. The lowest BCUT2D eigenvalue weighted by Crippen LogP contribution is -2.35. The van der Waals surface area contributed by atoms with Crippen LogP contribution in [0.1, 0.15) is 31.4 Å². The molecule has 0 fully saturated rings. The highest BCUT2D eigenvalue weighted by atomic mass is 15.0. The summed E-state index contributed by atoms with van der Waals surface area (Å²) in [4.78, 5) is 0. The maximum atomic E-state index is 8.97. The van der Waals surface area contributed by atoms with Crippen molar-refractivity contribution in [3.05, 3.63) is 29.3 Å². The Balaban J connectivity index is 2.49. The third-order valence-electron chi connectivity index (χ3n) is 2.75. The molecular weight excluding hydrogens is 172 g/mol. The van der Waals surface area contributed by atoms with E-state index in [-0.39, 0.29) is 5.54 Å². The van der Waals surface area contributed by atoms with Crippen LogP contribution >= 0.6 is 0 Å². The smallest absolute Gasteiger partial charge is 0.101 e. The van der Waals surface area contributed by atoms with Crippen LogP contribution in [0, 0.1) is 11.3 Å². The Labute approximate surface area is 84.6 Å². The minimum atomic E-state index is 0.111. The molecule has 0 saturated carbocycles. The molecule has 1 heterocycles. The number of nitriles is 1. The van der Waals surface area contributed by atoms with Crippen LogP contribution in [0.5, 0.6) is 0 Å². The molecule has 1 aliphatic heterocycles. The standard InChI is InChI=1S/C12H14N2/c1-12(2)7-6-9-4-3-5-10(8-13)11(9)14-12/h3-5,14H,6-7H2,1-2H3. The number of para-hydroxylation sites is 1. The lowest BCUT2D eigenvalue weighted by molar-refractivity contribution is 0.502. The lowest BCUT2D eigenvalue weighted by atomic mass is 9.88. The first-order chi connectivity index (χ1) is 6.62. The van der Waals surface area contributed by atoms with Gasteiger partial charge in [0.1, 0.15) is 6.07 Å². The van der Waals surface area contributed by atoms with E-state index in [0.29, 0.717) is 0 Å². The predicted molar refractivity (Wildman–Crippen MR) is 57.2 cm³/mol. The number of aryl methyl sites for hydroxylation is 1. The molecule has 0 aliphatic carbocycles. The van der Waals surface area contributed by atoms with Crippen molar-refractivity contribution in [2.24, 2.45) is 0 Å². The topological polar surface area (TPSA) is 35.8 Å². The molecule has 0 saturated heterocycles. The summed E-state index contributed by atoms with van der Waals surface area (Å²) in [5.74, 6) is 0. The van der Waals surface area contributed by atoms with Gasteiger partial charge in [-0.25, -0.2) is 0 Å². The van der Waals surface area contributed by atoms with Gasteiger partial charge in [-0.05, 0) is 38.3 Å². The zero-order valence-electron chi connectivity index (χ0n) is 8.59. The molecule has 0 amide bonds. The van der Waals surface area contributed by atoms with Crippen molar-refractivity contribution < 1.29 is 0 Å². The summed E-state index contributed by atoms with van der Waals surface area (Å²) in [6.45, 7) is 4.34. The second-order valence-electron chi connectivity index (χ2n) is 4.46. The summed E-state index contributed by atoms with van der Waals surface area (Å²) in [6, 6.07) is 8.15. The molecule has 0 radical (unpaired) electrons. The van der Waals surface area contributed by atoms with E-state index in [9.17, 15) is 0 Å². The molecule has 0 aromatic heterocycles. The van der Waals surface area contributed by atoms with Crippen LogP contribution in [0.25, 0.3) is 0 Å². The van der Waals surface area contributed by atoms with Crippen LogP contribution in [-0.2, 0) is 6.42 Å². The number of benzene rings is 1. The van der Waals surface area contributed by atoms with Gasteiger partial charge in [0.15, 0.2) is 0 Å². The Bertz CT molecular complexity index is 399. The number of rotatable bonds is 0. The maximum Gasteiger partial charge on any atom is 0.101 e. The average molecular weight is 186 g/mol. The Morgan fingerprint density at radius 3 is 2.93 bits per heavy atom. The van der Waals surface area contributed by atoms with Gasteiger partial charge in [0.2, 0.25) is 0 Å². The molecule has 14 heavy (non-hydrogen) atoms. The van der Waals surface area contributed by atoms with Crippen LogP contribution in [-0.4, -0.2) is 5.54 Å². The molecule has 2 heteroatoms. The van der Waals surface area contributed by atoms with Gasteiger partial charge in [-0.1, -0.05) is 12.1 Å². The molecule has 0 atom stereocenters. The van der Waals surface area contributed by atoms with Crippen molar-refractivity contribution in [2.75, 3.05) is 5.32 Å². The molecule has 0 bridgehead atoms. The predicted octanol–water partition coefficient (Wildman–Crippen LogP) is 2.69. The fraction of sp³-hybridized carbons (Fsp3) is 0.417. The Hall–Kier alpha value is -1.49. The largest absolute Gasteiger partial charge is 0.379 e. The van der Waals surface area contributed by atoms with Crippen LogP contribution < -0.4 is 5.32 Å². The summed E-state index contributed by atoms with van der Waals surface area (Å²) >= 11 is 0. The van der Waals surface area contributed by atoms with Gasteiger partial charge in [0, 0.05) is 5.54 Å². The van der Waals surface area contributed by atoms with Crippen LogP contribution in [0.15, 0.2) is 18.2 Å². The van der Waals surface area contributed by atoms with Crippen molar-refractivity contribution >= 4 is 5.69 Å². The monoisotopic (exact) mass is 186 g/mol. The van der Waals surface area contributed by atoms with E-state index >= 15 is 0 Å². The number of anilines is 1. The number of fused-ring (bicyclic) bond motifs is 1. The van der Waals surface area contributed by atoms with E-state index in [4.69, 9.17) is 5.26 Å². The lowest BCUT2D eigenvalue weighted by Gasteiger charge is -2.34. The van der Waals surface area contributed by atoms with Crippen LogP contribution in [0.3, 0.4) is 0 Å². The fourth-order valence-electron chi connectivity index (χ4n) is 1.90. The minimum absolute atomic E-state index is 0.111. The van der Waals surface area contributed by atoms with Gasteiger partial charge in [-0.2, -0.15) is 5.26 Å². The summed E-state index contributed by atoms with van der Waals surface area (Å²) in [6.07, 6.45) is 2.18. The fourth-order valence-corrected chi connectivity index (χ4v) is 1.90. The molecule has 1 aromatic carbocycles. The summed E-state index contributed by atoms with van der Waals surface area (Å²) < 4.78 is 0. The molecule has 1 aromatic rings. The Kier molecular flexibility index (Phi) is 1.96.